The highest BCUT2D eigenvalue weighted by Gasteiger charge is 2.12. The molecular weight excluding hydrogens is 442 g/mol. The number of ether oxygens (including phenoxy) is 2. The normalized spacial score (nSPS) is 19.7. The molecule has 1 rings (SSSR count). The van der Waals surface area contributed by atoms with E-state index in [0.717, 1.165) is 6.08 Å². The van der Waals surface area contributed by atoms with Crippen LogP contribution in [0.25, 0.3) is 0 Å². The van der Waals surface area contributed by atoms with E-state index in [0.29, 0.717) is 12.8 Å². The SMILES string of the molecule is O=C1CNC(=O)CNC(=O)COC(=O)C=CC[CH]CCOC(=O)CNC(=O)CNC(=O)CN1. The molecule has 0 atom stereocenters. The maximum Gasteiger partial charge on any atom is 0.330 e. The Hall–Kier alpha value is -3.97. The zero-order valence-electron chi connectivity index (χ0n) is 17.8. The second-order valence-electron chi connectivity index (χ2n) is 6.43. The van der Waals surface area contributed by atoms with Crippen LogP contribution in [0.1, 0.15) is 12.8 Å². The van der Waals surface area contributed by atoms with Gasteiger partial charge in [-0.3, -0.25) is 28.8 Å². The summed E-state index contributed by atoms with van der Waals surface area (Å²) in [6.45, 7) is -2.68. The van der Waals surface area contributed by atoms with Crippen molar-refractivity contribution in [1.29, 1.82) is 0 Å². The molecule has 1 aliphatic heterocycles. The minimum Gasteiger partial charge on any atom is -0.464 e. The van der Waals surface area contributed by atoms with Crippen molar-refractivity contribution in [1.82, 2.24) is 26.6 Å². The Kier molecular flexibility index (Phi) is 12.9. The lowest BCUT2D eigenvalue weighted by Crippen LogP contribution is -2.46. The quantitative estimate of drug-likeness (QED) is 0.221. The Bertz CT molecular complexity index is 782. The number of rotatable bonds is 0. The molecule has 1 aliphatic rings. The average Bonchev–Trinajstić information content (AvgIpc) is 2.79. The number of cyclic esters (lactones) is 2. The Morgan fingerprint density at radius 2 is 1.09 bits per heavy atom. The molecule has 1 radical (unpaired) electrons. The van der Waals surface area contributed by atoms with Gasteiger partial charge in [0, 0.05) is 6.08 Å². The van der Waals surface area contributed by atoms with Gasteiger partial charge in [-0.1, -0.05) is 6.08 Å². The van der Waals surface area contributed by atoms with Crippen molar-refractivity contribution in [3.8, 4) is 0 Å². The molecule has 0 unspecified atom stereocenters. The maximum atomic E-state index is 11.6. The zero-order chi connectivity index (χ0) is 24.5. The summed E-state index contributed by atoms with van der Waals surface area (Å²) in [4.78, 5) is 81.2. The van der Waals surface area contributed by atoms with Crippen LogP contribution in [0.3, 0.4) is 0 Å². The lowest BCUT2D eigenvalue weighted by molar-refractivity contribution is -0.144. The Morgan fingerprint density at radius 3 is 1.64 bits per heavy atom. The summed E-state index contributed by atoms with van der Waals surface area (Å²) in [7, 11) is 0. The van der Waals surface area contributed by atoms with E-state index in [1.807, 2.05) is 0 Å². The number of hydrogen-bond acceptors (Lipinski definition) is 9. The monoisotopic (exact) mass is 468 g/mol. The molecule has 0 saturated carbocycles. The third-order valence-corrected chi connectivity index (χ3v) is 3.70. The topological polar surface area (TPSA) is 198 Å². The molecule has 0 saturated heterocycles. The van der Waals surface area contributed by atoms with Crippen LogP contribution in [0.5, 0.6) is 0 Å². The highest BCUT2D eigenvalue weighted by Crippen LogP contribution is 1.97. The molecule has 0 aromatic carbocycles. The van der Waals surface area contributed by atoms with E-state index in [2.05, 4.69) is 26.6 Å². The van der Waals surface area contributed by atoms with Crippen LogP contribution in [0, 0.1) is 6.42 Å². The second-order valence-corrected chi connectivity index (χ2v) is 6.43. The highest BCUT2D eigenvalue weighted by atomic mass is 16.5. The van der Waals surface area contributed by atoms with E-state index in [9.17, 15) is 33.6 Å². The average molecular weight is 468 g/mol. The zero-order valence-corrected chi connectivity index (χ0v) is 17.8. The van der Waals surface area contributed by atoms with E-state index >= 15 is 0 Å². The van der Waals surface area contributed by atoms with Crippen molar-refractivity contribution in [2.45, 2.75) is 12.8 Å². The van der Waals surface area contributed by atoms with Crippen LogP contribution in [-0.4, -0.2) is 87.4 Å². The van der Waals surface area contributed by atoms with Gasteiger partial charge in [0.15, 0.2) is 6.61 Å². The molecule has 0 aliphatic carbocycles. The summed E-state index contributed by atoms with van der Waals surface area (Å²) < 4.78 is 9.62. The van der Waals surface area contributed by atoms with Crippen molar-refractivity contribution in [2.75, 3.05) is 45.9 Å². The number of carbonyl (C=O) groups is 7. The van der Waals surface area contributed by atoms with Gasteiger partial charge in [0.05, 0.1) is 32.8 Å². The van der Waals surface area contributed by atoms with Crippen LogP contribution < -0.4 is 26.6 Å². The first kappa shape index (κ1) is 27.1. The third-order valence-electron chi connectivity index (χ3n) is 3.70. The van der Waals surface area contributed by atoms with Gasteiger partial charge < -0.3 is 36.1 Å². The number of amides is 5. The van der Waals surface area contributed by atoms with Crippen molar-refractivity contribution in [2.24, 2.45) is 0 Å². The number of allylic oxidation sites excluding steroid dienone is 1. The lowest BCUT2D eigenvalue weighted by atomic mass is 10.2. The van der Waals surface area contributed by atoms with Crippen LogP contribution >= 0.6 is 0 Å². The maximum absolute atomic E-state index is 11.6. The van der Waals surface area contributed by atoms with Crippen molar-refractivity contribution < 1.29 is 43.0 Å². The standard InChI is InChI=1S/C19H26N5O9/c25-13-8-21-15(27)10-23-17(29)12-33-18(30)5-3-1-2-4-6-32-19(31)11-24-16(28)9-22-14(26)7-20-13/h2-3,5H,1,4,6-12H2,(H,20,25)(H,21,27)(H,22,26)(H,23,29)(H,24,28). The summed E-state index contributed by atoms with van der Waals surface area (Å²) in [6.07, 6.45) is 5.12. The van der Waals surface area contributed by atoms with E-state index < -0.39 is 74.3 Å². The van der Waals surface area contributed by atoms with Gasteiger partial charge >= 0.3 is 11.9 Å². The van der Waals surface area contributed by atoms with Crippen LogP contribution in [-0.2, 0) is 43.0 Å². The summed E-state index contributed by atoms with van der Waals surface area (Å²) >= 11 is 0. The van der Waals surface area contributed by atoms with Crippen LogP contribution in [0.2, 0.25) is 0 Å². The van der Waals surface area contributed by atoms with Gasteiger partial charge in [0.2, 0.25) is 23.6 Å². The fourth-order valence-electron chi connectivity index (χ4n) is 2.06. The van der Waals surface area contributed by atoms with Gasteiger partial charge in [-0.05, 0) is 19.3 Å². The number of carbonyl (C=O) groups excluding carboxylic acids is 7. The van der Waals surface area contributed by atoms with Crippen molar-refractivity contribution in [3.05, 3.63) is 18.6 Å². The molecule has 0 spiro atoms. The Morgan fingerprint density at radius 1 is 0.606 bits per heavy atom. The first-order chi connectivity index (χ1) is 15.8. The molecule has 1 heterocycles. The molecule has 0 aromatic heterocycles. The fraction of sp³-hybridized carbons (Fsp3) is 0.474. The molecule has 0 aromatic rings. The first-order valence-electron chi connectivity index (χ1n) is 9.90. The van der Waals surface area contributed by atoms with Gasteiger partial charge in [0.1, 0.15) is 6.54 Å². The van der Waals surface area contributed by atoms with E-state index in [-0.39, 0.29) is 13.2 Å². The van der Waals surface area contributed by atoms with Crippen LogP contribution in [0.15, 0.2) is 12.2 Å². The molecule has 33 heavy (non-hydrogen) atoms. The molecule has 0 fully saturated rings. The first-order valence-corrected chi connectivity index (χ1v) is 9.90. The fourth-order valence-corrected chi connectivity index (χ4v) is 2.06. The predicted molar refractivity (Wildman–Crippen MR) is 110 cm³/mol. The van der Waals surface area contributed by atoms with E-state index in [1.54, 1.807) is 6.42 Å². The van der Waals surface area contributed by atoms with E-state index in [4.69, 9.17) is 9.47 Å². The molecule has 14 heteroatoms. The molecule has 0 bridgehead atoms. The van der Waals surface area contributed by atoms with Gasteiger partial charge in [-0.2, -0.15) is 0 Å². The largest absolute Gasteiger partial charge is 0.464 e. The highest BCUT2D eigenvalue weighted by molar-refractivity contribution is 5.92. The lowest BCUT2D eigenvalue weighted by Gasteiger charge is -2.09. The van der Waals surface area contributed by atoms with Crippen molar-refractivity contribution in [3.63, 3.8) is 0 Å². The van der Waals surface area contributed by atoms with Crippen LogP contribution in [0.4, 0.5) is 0 Å². The Balaban J connectivity index is 2.53. The molecule has 14 nitrogen and oxygen atoms in total. The number of hydrogen-bond donors (Lipinski definition) is 5. The molecule has 5 amide bonds. The van der Waals surface area contributed by atoms with Gasteiger partial charge in [-0.15, -0.1) is 0 Å². The Labute approximate surface area is 189 Å². The van der Waals surface area contributed by atoms with Gasteiger partial charge in [-0.25, -0.2) is 4.79 Å². The summed E-state index contributed by atoms with van der Waals surface area (Å²) in [5, 5.41) is 11.2. The smallest absolute Gasteiger partial charge is 0.330 e. The number of esters is 2. The minimum absolute atomic E-state index is 0.0666. The van der Waals surface area contributed by atoms with E-state index in [1.165, 1.54) is 6.08 Å². The van der Waals surface area contributed by atoms with Gasteiger partial charge in [0.25, 0.3) is 5.91 Å². The minimum atomic E-state index is -0.757. The molecular formula is C19H26N5O9. The summed E-state index contributed by atoms with van der Waals surface area (Å²) in [5.41, 5.74) is 0. The molecule has 181 valence electrons. The van der Waals surface area contributed by atoms with Crippen molar-refractivity contribution >= 4 is 41.5 Å². The third kappa shape index (κ3) is 14.6. The second kappa shape index (κ2) is 15.8. The number of nitrogens with one attached hydrogen (secondary N) is 5. The predicted octanol–water partition coefficient (Wildman–Crippen LogP) is -3.79. The summed E-state index contributed by atoms with van der Waals surface area (Å²) in [5.74, 6) is -4.81. The summed E-state index contributed by atoms with van der Waals surface area (Å²) in [6, 6.07) is 0. The molecule has 5 N–H and O–H groups in total.